The van der Waals surface area contributed by atoms with Crippen molar-refractivity contribution in [3.8, 4) is 5.75 Å². The van der Waals surface area contributed by atoms with Crippen molar-refractivity contribution in [3.63, 3.8) is 0 Å². The van der Waals surface area contributed by atoms with Gasteiger partial charge in [-0.2, -0.15) is 5.10 Å². The third kappa shape index (κ3) is 4.86. The van der Waals surface area contributed by atoms with Gasteiger partial charge in [0.2, 0.25) is 0 Å². The van der Waals surface area contributed by atoms with E-state index in [-0.39, 0.29) is 11.6 Å². The molecule has 0 spiro atoms. The average Bonchev–Trinajstić information content (AvgIpc) is 2.52. The fraction of sp³-hybridized carbons (Fsp3) is 0.800. The van der Waals surface area contributed by atoms with Crippen molar-refractivity contribution in [2.45, 2.75) is 66.0 Å². The van der Waals surface area contributed by atoms with E-state index in [4.69, 9.17) is 4.74 Å². The third-order valence-corrected chi connectivity index (χ3v) is 3.20. The maximum absolute atomic E-state index is 6.19. The summed E-state index contributed by atoms with van der Waals surface area (Å²) < 4.78 is 8.07. The summed E-state index contributed by atoms with van der Waals surface area (Å²) in [5.41, 5.74) is 2.18. The Kier molecular flexibility index (Phi) is 5.41. The van der Waals surface area contributed by atoms with Crippen LogP contribution >= 0.6 is 0 Å². The minimum absolute atomic E-state index is 0.119. The van der Waals surface area contributed by atoms with Crippen molar-refractivity contribution < 1.29 is 4.74 Å². The Hall–Kier alpha value is -1.03. The van der Waals surface area contributed by atoms with E-state index in [1.54, 1.807) is 0 Å². The summed E-state index contributed by atoms with van der Waals surface area (Å²) in [6.07, 6.45) is 2.37. The van der Waals surface area contributed by atoms with Crippen LogP contribution in [0.15, 0.2) is 0 Å². The van der Waals surface area contributed by atoms with Gasteiger partial charge in [-0.25, -0.2) is 0 Å². The van der Waals surface area contributed by atoms with Crippen LogP contribution in [-0.4, -0.2) is 28.0 Å². The quantitative estimate of drug-likeness (QED) is 0.861. The molecule has 1 aromatic heterocycles. The van der Waals surface area contributed by atoms with Crippen LogP contribution in [0.1, 0.15) is 51.9 Å². The predicted octanol–water partition coefficient (Wildman–Crippen LogP) is 2.97. The third-order valence-electron chi connectivity index (χ3n) is 3.20. The molecule has 0 aliphatic rings. The Morgan fingerprint density at radius 3 is 2.37 bits per heavy atom. The van der Waals surface area contributed by atoms with E-state index in [9.17, 15) is 0 Å². The highest BCUT2D eigenvalue weighted by Crippen LogP contribution is 2.23. The smallest absolute Gasteiger partial charge is 0.163 e. The van der Waals surface area contributed by atoms with Crippen molar-refractivity contribution in [1.82, 2.24) is 15.1 Å². The number of nitrogens with zero attached hydrogens (tertiary/aromatic N) is 2. The number of hydrogen-bond donors (Lipinski definition) is 1. The highest BCUT2D eigenvalue weighted by atomic mass is 16.5. The van der Waals surface area contributed by atoms with Gasteiger partial charge in [-0.1, -0.05) is 13.3 Å². The van der Waals surface area contributed by atoms with Gasteiger partial charge in [0.05, 0.1) is 5.69 Å². The minimum Gasteiger partial charge on any atom is -0.485 e. The van der Waals surface area contributed by atoms with Crippen LogP contribution in [0.3, 0.4) is 0 Å². The molecule has 0 saturated heterocycles. The lowest BCUT2D eigenvalue weighted by molar-refractivity contribution is 0.172. The molecule has 110 valence electrons. The molecule has 0 aromatic carbocycles. The summed E-state index contributed by atoms with van der Waals surface area (Å²) in [5.74, 6) is 0.941. The second-order valence-corrected chi connectivity index (χ2v) is 6.28. The van der Waals surface area contributed by atoms with E-state index >= 15 is 0 Å². The molecule has 1 N–H and O–H groups in total. The Labute approximate surface area is 117 Å². The van der Waals surface area contributed by atoms with Gasteiger partial charge < -0.3 is 10.1 Å². The van der Waals surface area contributed by atoms with Crippen LogP contribution in [0.4, 0.5) is 0 Å². The van der Waals surface area contributed by atoms with Crippen LogP contribution in [-0.2, 0) is 7.05 Å². The van der Waals surface area contributed by atoms with Gasteiger partial charge in [-0.3, -0.25) is 4.68 Å². The van der Waals surface area contributed by atoms with E-state index in [0.29, 0.717) is 0 Å². The number of ether oxygens (including phenoxy) is 1. The van der Waals surface area contributed by atoms with E-state index in [1.807, 2.05) is 18.7 Å². The second-order valence-electron chi connectivity index (χ2n) is 6.28. The first-order chi connectivity index (χ1) is 8.74. The summed E-state index contributed by atoms with van der Waals surface area (Å²) in [6.45, 7) is 13.6. The molecule has 0 bridgehead atoms. The first-order valence-electron chi connectivity index (χ1n) is 7.16. The fourth-order valence-corrected chi connectivity index (χ4v) is 2.04. The number of nitrogens with one attached hydrogen (secondary N) is 1. The van der Waals surface area contributed by atoms with Crippen LogP contribution in [0.5, 0.6) is 5.75 Å². The molecular weight excluding hydrogens is 238 g/mol. The van der Waals surface area contributed by atoms with Crippen LogP contribution in [0, 0.1) is 13.8 Å². The maximum atomic E-state index is 6.19. The highest BCUT2D eigenvalue weighted by molar-refractivity contribution is 5.32. The second kappa shape index (κ2) is 6.42. The standard InChI is InChI=1S/C15H29N3O/c1-8-9-13(10-16-15(4,5)6)19-14-11(2)17-18(7)12(14)3/h13,16H,8-10H2,1-7H3. The zero-order chi connectivity index (χ0) is 14.6. The summed E-state index contributed by atoms with van der Waals surface area (Å²) in [7, 11) is 1.96. The highest BCUT2D eigenvalue weighted by Gasteiger charge is 2.18. The van der Waals surface area contributed by atoms with Crippen molar-refractivity contribution in [2.24, 2.45) is 7.05 Å². The van der Waals surface area contributed by atoms with Crippen LogP contribution in [0.25, 0.3) is 0 Å². The van der Waals surface area contributed by atoms with Gasteiger partial charge in [-0.05, 0) is 41.0 Å². The van der Waals surface area contributed by atoms with Crippen molar-refractivity contribution in [3.05, 3.63) is 11.4 Å². The summed E-state index contributed by atoms with van der Waals surface area (Å²) in [6, 6.07) is 0. The Morgan fingerprint density at radius 2 is 1.95 bits per heavy atom. The molecule has 1 heterocycles. The van der Waals surface area contributed by atoms with Crippen LogP contribution in [0.2, 0.25) is 0 Å². The lowest BCUT2D eigenvalue weighted by Crippen LogP contribution is -2.42. The van der Waals surface area contributed by atoms with Gasteiger partial charge in [0.15, 0.2) is 5.75 Å². The number of rotatable bonds is 6. The Bertz CT molecular complexity index is 404. The van der Waals surface area contributed by atoms with Crippen molar-refractivity contribution in [2.75, 3.05) is 6.54 Å². The molecule has 19 heavy (non-hydrogen) atoms. The lowest BCUT2D eigenvalue weighted by Gasteiger charge is -2.26. The minimum atomic E-state index is 0.119. The molecule has 0 saturated carbocycles. The normalized spacial score (nSPS) is 13.6. The SMILES string of the molecule is CCCC(CNC(C)(C)C)Oc1c(C)nn(C)c1C. The molecule has 1 unspecified atom stereocenters. The summed E-state index contributed by atoms with van der Waals surface area (Å²) in [5, 5.41) is 7.92. The van der Waals surface area contributed by atoms with Gasteiger partial charge in [0.25, 0.3) is 0 Å². The predicted molar refractivity (Wildman–Crippen MR) is 79.8 cm³/mol. The summed E-state index contributed by atoms with van der Waals surface area (Å²) in [4.78, 5) is 0. The molecule has 0 fully saturated rings. The number of aryl methyl sites for hydroxylation is 2. The van der Waals surface area contributed by atoms with Crippen LogP contribution < -0.4 is 10.1 Å². The number of aromatic nitrogens is 2. The molecule has 0 amide bonds. The molecule has 0 aliphatic carbocycles. The molecule has 4 nitrogen and oxygen atoms in total. The zero-order valence-corrected chi connectivity index (χ0v) is 13.5. The molecule has 0 aliphatic heterocycles. The monoisotopic (exact) mass is 267 g/mol. The van der Waals surface area contributed by atoms with Gasteiger partial charge in [0, 0.05) is 19.1 Å². The van der Waals surface area contributed by atoms with E-state index in [2.05, 4.69) is 45.0 Å². The molecule has 4 heteroatoms. The number of hydrogen-bond acceptors (Lipinski definition) is 3. The summed E-state index contributed by atoms with van der Waals surface area (Å²) >= 11 is 0. The molecule has 1 aromatic rings. The average molecular weight is 267 g/mol. The molecule has 1 atom stereocenters. The van der Waals surface area contributed by atoms with E-state index < -0.39 is 0 Å². The van der Waals surface area contributed by atoms with E-state index in [0.717, 1.165) is 36.5 Å². The Balaban J connectivity index is 2.72. The molecular formula is C15H29N3O. The lowest BCUT2D eigenvalue weighted by atomic mass is 10.1. The zero-order valence-electron chi connectivity index (χ0n) is 13.5. The van der Waals surface area contributed by atoms with Gasteiger partial charge in [0.1, 0.15) is 11.8 Å². The molecule has 1 rings (SSSR count). The van der Waals surface area contributed by atoms with Crippen molar-refractivity contribution >= 4 is 0 Å². The largest absolute Gasteiger partial charge is 0.485 e. The Morgan fingerprint density at radius 1 is 1.32 bits per heavy atom. The fourth-order valence-electron chi connectivity index (χ4n) is 2.04. The topological polar surface area (TPSA) is 39.1 Å². The first-order valence-corrected chi connectivity index (χ1v) is 7.16. The maximum Gasteiger partial charge on any atom is 0.163 e. The van der Waals surface area contributed by atoms with E-state index in [1.165, 1.54) is 0 Å². The van der Waals surface area contributed by atoms with Gasteiger partial charge in [-0.15, -0.1) is 0 Å². The van der Waals surface area contributed by atoms with Crippen molar-refractivity contribution in [1.29, 1.82) is 0 Å². The molecule has 0 radical (unpaired) electrons. The first kappa shape index (κ1) is 16.0. The van der Waals surface area contributed by atoms with Gasteiger partial charge >= 0.3 is 0 Å².